The summed E-state index contributed by atoms with van der Waals surface area (Å²) in [6.45, 7) is 0. The Morgan fingerprint density at radius 2 is 1.52 bits per heavy atom. The lowest BCUT2D eigenvalue weighted by Crippen LogP contribution is -2.15. The van der Waals surface area contributed by atoms with E-state index >= 15 is 0 Å². The zero-order chi connectivity index (χ0) is 21.8. The summed E-state index contributed by atoms with van der Waals surface area (Å²) in [7, 11) is 0. The molecule has 4 rings (SSSR count). The molecule has 1 N–H and O–H groups in total. The van der Waals surface area contributed by atoms with Crippen molar-refractivity contribution in [2.24, 2.45) is 0 Å². The molecular formula is C22H15Cl3N4OS. The quantitative estimate of drug-likeness (QED) is 0.244. The Morgan fingerprint density at radius 1 is 0.871 bits per heavy atom. The van der Waals surface area contributed by atoms with Gasteiger partial charge in [0.25, 0.3) is 0 Å². The van der Waals surface area contributed by atoms with Gasteiger partial charge in [-0.25, -0.2) is 0 Å². The molecule has 31 heavy (non-hydrogen) atoms. The van der Waals surface area contributed by atoms with E-state index in [1.54, 1.807) is 0 Å². The molecule has 0 atom stereocenters. The second-order valence-corrected chi connectivity index (χ2v) is 8.59. The van der Waals surface area contributed by atoms with Crippen molar-refractivity contribution < 1.29 is 4.79 Å². The van der Waals surface area contributed by atoms with Gasteiger partial charge in [0.2, 0.25) is 5.91 Å². The number of aromatic nitrogens is 3. The Hall–Kier alpha value is -2.51. The van der Waals surface area contributed by atoms with Gasteiger partial charge in [-0.2, -0.15) is 0 Å². The number of hydrogen-bond donors (Lipinski definition) is 1. The van der Waals surface area contributed by atoms with Crippen LogP contribution in [0.25, 0.3) is 17.1 Å². The number of hydrogen-bond acceptors (Lipinski definition) is 4. The molecule has 1 amide bonds. The first-order chi connectivity index (χ1) is 15.0. The third-order valence-electron chi connectivity index (χ3n) is 4.30. The highest BCUT2D eigenvalue weighted by Crippen LogP contribution is 2.33. The Balaban J connectivity index is 1.57. The van der Waals surface area contributed by atoms with E-state index in [9.17, 15) is 4.79 Å². The number of amides is 1. The number of carbonyl (C=O) groups excluding carboxylic acids is 1. The van der Waals surface area contributed by atoms with Gasteiger partial charge in [0.05, 0.1) is 26.5 Å². The fourth-order valence-corrected chi connectivity index (χ4v) is 4.23. The van der Waals surface area contributed by atoms with Crippen molar-refractivity contribution in [1.82, 2.24) is 14.8 Å². The molecule has 0 spiro atoms. The summed E-state index contributed by atoms with van der Waals surface area (Å²) in [5, 5.41) is 13.0. The van der Waals surface area contributed by atoms with Crippen LogP contribution < -0.4 is 5.32 Å². The molecule has 1 heterocycles. The Labute approximate surface area is 198 Å². The van der Waals surface area contributed by atoms with Crippen LogP contribution in [0.3, 0.4) is 0 Å². The first kappa shape index (κ1) is 21.7. The molecule has 5 nitrogen and oxygen atoms in total. The summed E-state index contributed by atoms with van der Waals surface area (Å²) in [6.07, 6.45) is 0. The minimum atomic E-state index is -0.255. The van der Waals surface area contributed by atoms with Crippen molar-refractivity contribution in [1.29, 1.82) is 0 Å². The normalized spacial score (nSPS) is 10.8. The summed E-state index contributed by atoms with van der Waals surface area (Å²) in [4.78, 5) is 12.5. The van der Waals surface area contributed by atoms with Crippen molar-refractivity contribution in [3.05, 3.63) is 87.9 Å². The van der Waals surface area contributed by atoms with Crippen LogP contribution in [0.2, 0.25) is 15.1 Å². The summed E-state index contributed by atoms with van der Waals surface area (Å²) >= 11 is 19.4. The highest BCUT2D eigenvalue weighted by atomic mass is 35.5. The van der Waals surface area contributed by atoms with Gasteiger partial charge in [-0.3, -0.25) is 9.36 Å². The van der Waals surface area contributed by atoms with Gasteiger partial charge >= 0.3 is 0 Å². The molecule has 0 saturated heterocycles. The molecule has 0 radical (unpaired) electrons. The van der Waals surface area contributed by atoms with Crippen molar-refractivity contribution in [2.45, 2.75) is 5.16 Å². The minimum Gasteiger partial charge on any atom is -0.324 e. The van der Waals surface area contributed by atoms with Crippen molar-refractivity contribution in [3.8, 4) is 17.1 Å². The molecule has 0 unspecified atom stereocenters. The number of halogens is 3. The third kappa shape index (κ3) is 5.05. The number of nitrogens with zero attached hydrogens (tertiary/aromatic N) is 3. The van der Waals surface area contributed by atoms with Gasteiger partial charge < -0.3 is 5.32 Å². The second-order valence-electron chi connectivity index (χ2n) is 6.43. The number of rotatable bonds is 6. The first-order valence-corrected chi connectivity index (χ1v) is 11.3. The Kier molecular flexibility index (Phi) is 6.83. The molecule has 4 aromatic rings. The standard InChI is InChI=1S/C22H15Cl3N4OS/c23-16-11-18(25)19(12-17(16)24)26-20(30)13-31-22-28-27-21(14-7-3-1-4-8-14)29(22)15-9-5-2-6-10-15/h1-12H,13H2,(H,26,30). The first-order valence-electron chi connectivity index (χ1n) is 9.16. The number of para-hydroxylation sites is 1. The van der Waals surface area contributed by atoms with Gasteiger partial charge in [-0.05, 0) is 24.3 Å². The van der Waals surface area contributed by atoms with Gasteiger partial charge in [-0.1, -0.05) is 95.1 Å². The highest BCUT2D eigenvalue weighted by Gasteiger charge is 2.17. The van der Waals surface area contributed by atoms with E-state index in [-0.39, 0.29) is 11.7 Å². The Morgan fingerprint density at radius 3 is 2.23 bits per heavy atom. The monoisotopic (exact) mass is 488 g/mol. The SMILES string of the molecule is O=C(CSc1nnc(-c2ccccc2)n1-c1ccccc1)Nc1cc(Cl)c(Cl)cc1Cl. The maximum Gasteiger partial charge on any atom is 0.234 e. The van der Waals surface area contributed by atoms with Crippen LogP contribution in [0.1, 0.15) is 0 Å². The third-order valence-corrected chi connectivity index (χ3v) is 6.26. The van der Waals surface area contributed by atoms with Gasteiger partial charge in [0.1, 0.15) is 0 Å². The minimum absolute atomic E-state index is 0.107. The molecule has 0 aliphatic carbocycles. The van der Waals surface area contributed by atoms with E-state index < -0.39 is 0 Å². The van der Waals surface area contributed by atoms with Crippen LogP contribution >= 0.6 is 46.6 Å². The van der Waals surface area contributed by atoms with Crippen LogP contribution in [0, 0.1) is 0 Å². The summed E-state index contributed by atoms with van der Waals surface area (Å²) in [5.41, 5.74) is 2.23. The summed E-state index contributed by atoms with van der Waals surface area (Å²) < 4.78 is 1.93. The van der Waals surface area contributed by atoms with E-state index in [1.807, 2.05) is 65.2 Å². The van der Waals surface area contributed by atoms with Gasteiger partial charge in [0.15, 0.2) is 11.0 Å². The maximum atomic E-state index is 12.5. The molecule has 3 aromatic carbocycles. The topological polar surface area (TPSA) is 59.8 Å². The van der Waals surface area contributed by atoms with Crippen LogP contribution in [0.4, 0.5) is 5.69 Å². The van der Waals surface area contributed by atoms with Crippen LogP contribution in [-0.2, 0) is 4.79 Å². The van der Waals surface area contributed by atoms with E-state index in [1.165, 1.54) is 23.9 Å². The lowest BCUT2D eigenvalue weighted by atomic mass is 10.2. The lowest BCUT2D eigenvalue weighted by Gasteiger charge is -2.11. The average molecular weight is 490 g/mol. The second kappa shape index (κ2) is 9.75. The molecule has 0 aliphatic rings. The molecule has 0 aliphatic heterocycles. The largest absolute Gasteiger partial charge is 0.324 e. The fourth-order valence-electron chi connectivity index (χ4n) is 2.88. The molecule has 156 valence electrons. The number of carbonyl (C=O) groups is 1. The van der Waals surface area contributed by atoms with Gasteiger partial charge in [-0.15, -0.1) is 10.2 Å². The molecule has 0 saturated carbocycles. The number of thioether (sulfide) groups is 1. The summed E-state index contributed by atoms with van der Waals surface area (Å²) in [5.74, 6) is 0.549. The van der Waals surface area contributed by atoms with Crippen molar-refractivity contribution >= 4 is 58.2 Å². The van der Waals surface area contributed by atoms with E-state index in [2.05, 4.69) is 15.5 Å². The molecule has 0 bridgehead atoms. The molecule has 0 fully saturated rings. The van der Waals surface area contributed by atoms with Crippen molar-refractivity contribution in [3.63, 3.8) is 0 Å². The molecule has 9 heteroatoms. The lowest BCUT2D eigenvalue weighted by molar-refractivity contribution is -0.113. The highest BCUT2D eigenvalue weighted by molar-refractivity contribution is 7.99. The van der Waals surface area contributed by atoms with Crippen molar-refractivity contribution in [2.75, 3.05) is 11.1 Å². The van der Waals surface area contributed by atoms with E-state index in [0.29, 0.717) is 31.7 Å². The maximum absolute atomic E-state index is 12.5. The predicted octanol–water partition coefficient (Wildman–Crippen LogP) is 6.63. The molecule has 1 aromatic heterocycles. The zero-order valence-corrected chi connectivity index (χ0v) is 19.0. The smallest absolute Gasteiger partial charge is 0.234 e. The van der Waals surface area contributed by atoms with Gasteiger partial charge in [0, 0.05) is 11.3 Å². The number of nitrogens with one attached hydrogen (secondary N) is 1. The zero-order valence-electron chi connectivity index (χ0n) is 15.9. The van der Waals surface area contributed by atoms with Crippen LogP contribution in [0.15, 0.2) is 78.0 Å². The Bertz CT molecular complexity index is 1220. The van der Waals surface area contributed by atoms with E-state index in [4.69, 9.17) is 34.8 Å². The van der Waals surface area contributed by atoms with E-state index in [0.717, 1.165) is 11.3 Å². The predicted molar refractivity (Wildman–Crippen MR) is 128 cm³/mol. The van der Waals surface area contributed by atoms with Crippen LogP contribution in [0.5, 0.6) is 0 Å². The molecular weight excluding hydrogens is 475 g/mol. The number of anilines is 1. The summed E-state index contributed by atoms with van der Waals surface area (Å²) in [6, 6.07) is 22.5. The van der Waals surface area contributed by atoms with Crippen LogP contribution in [-0.4, -0.2) is 26.4 Å². The average Bonchev–Trinajstić information content (AvgIpc) is 3.21. The fraction of sp³-hybridized carbons (Fsp3) is 0.0455. The number of benzene rings is 3.